The van der Waals surface area contributed by atoms with Crippen LogP contribution in [0.5, 0.6) is 0 Å². The Bertz CT molecular complexity index is 815. The number of rotatable bonds is 2. The maximum Gasteiger partial charge on any atom is 0.266 e. The van der Waals surface area contributed by atoms with Crippen molar-refractivity contribution in [1.29, 1.82) is 0 Å². The second kappa shape index (κ2) is 5.35. The number of anilines is 1. The SMILES string of the molecule is O=C1C=C(c2ccc(Cl)cc2)C(=O)N1c1ccc(F)c(F)c1. The Morgan fingerprint density at radius 1 is 0.909 bits per heavy atom. The van der Waals surface area contributed by atoms with Crippen molar-refractivity contribution in [2.45, 2.75) is 0 Å². The number of benzene rings is 2. The highest BCUT2D eigenvalue weighted by molar-refractivity contribution is 6.43. The van der Waals surface area contributed by atoms with Gasteiger partial charge in [0.2, 0.25) is 0 Å². The highest BCUT2D eigenvalue weighted by Gasteiger charge is 2.33. The lowest BCUT2D eigenvalue weighted by molar-refractivity contribution is -0.119. The average molecular weight is 320 g/mol. The van der Waals surface area contributed by atoms with E-state index in [0.717, 1.165) is 23.1 Å². The zero-order valence-electron chi connectivity index (χ0n) is 11.0. The van der Waals surface area contributed by atoms with Crippen molar-refractivity contribution in [2.75, 3.05) is 4.90 Å². The van der Waals surface area contributed by atoms with Gasteiger partial charge < -0.3 is 0 Å². The van der Waals surface area contributed by atoms with Crippen molar-refractivity contribution in [3.8, 4) is 0 Å². The molecule has 22 heavy (non-hydrogen) atoms. The first-order valence-electron chi connectivity index (χ1n) is 6.28. The van der Waals surface area contributed by atoms with Crippen LogP contribution in [-0.2, 0) is 9.59 Å². The van der Waals surface area contributed by atoms with Crippen molar-refractivity contribution in [3.63, 3.8) is 0 Å². The molecule has 1 aliphatic heterocycles. The van der Waals surface area contributed by atoms with E-state index >= 15 is 0 Å². The molecule has 2 amide bonds. The molecule has 3 nitrogen and oxygen atoms in total. The third-order valence-electron chi connectivity index (χ3n) is 3.24. The minimum Gasteiger partial charge on any atom is -0.269 e. The summed E-state index contributed by atoms with van der Waals surface area (Å²) < 4.78 is 26.3. The minimum atomic E-state index is -1.13. The number of hydrogen-bond donors (Lipinski definition) is 0. The summed E-state index contributed by atoms with van der Waals surface area (Å²) in [5.41, 5.74) is 0.674. The number of amides is 2. The van der Waals surface area contributed by atoms with Crippen molar-refractivity contribution in [1.82, 2.24) is 0 Å². The van der Waals surface area contributed by atoms with E-state index in [9.17, 15) is 18.4 Å². The molecular weight excluding hydrogens is 312 g/mol. The number of carbonyl (C=O) groups is 2. The second-order valence-electron chi connectivity index (χ2n) is 4.64. The summed E-state index contributed by atoms with van der Waals surface area (Å²) in [5, 5.41) is 0.499. The summed E-state index contributed by atoms with van der Waals surface area (Å²) in [6.07, 6.45) is 1.16. The summed E-state index contributed by atoms with van der Waals surface area (Å²) >= 11 is 5.78. The highest BCUT2D eigenvalue weighted by atomic mass is 35.5. The Labute approximate surface area is 129 Å². The molecular formula is C16H8ClF2NO2. The normalized spacial score (nSPS) is 14.5. The van der Waals surface area contributed by atoms with Crippen LogP contribution in [0.15, 0.2) is 48.5 Å². The molecule has 0 N–H and O–H groups in total. The monoisotopic (exact) mass is 319 g/mol. The van der Waals surface area contributed by atoms with Crippen LogP contribution in [0.25, 0.3) is 5.57 Å². The first-order valence-corrected chi connectivity index (χ1v) is 6.66. The number of hydrogen-bond acceptors (Lipinski definition) is 2. The Kier molecular flexibility index (Phi) is 3.50. The number of nitrogens with zero attached hydrogens (tertiary/aromatic N) is 1. The van der Waals surface area contributed by atoms with Crippen LogP contribution in [0.1, 0.15) is 5.56 Å². The minimum absolute atomic E-state index is 0.0193. The van der Waals surface area contributed by atoms with E-state index < -0.39 is 23.4 Å². The molecule has 0 aromatic heterocycles. The molecule has 0 unspecified atom stereocenters. The number of carbonyl (C=O) groups excluding carboxylic acids is 2. The fourth-order valence-electron chi connectivity index (χ4n) is 2.18. The third-order valence-corrected chi connectivity index (χ3v) is 3.49. The first-order chi connectivity index (χ1) is 10.5. The Morgan fingerprint density at radius 2 is 1.59 bits per heavy atom. The Hall–Kier alpha value is -2.53. The van der Waals surface area contributed by atoms with Gasteiger partial charge in [-0.3, -0.25) is 9.59 Å². The molecule has 3 rings (SSSR count). The van der Waals surface area contributed by atoms with Gasteiger partial charge in [-0.15, -0.1) is 0 Å². The quantitative estimate of drug-likeness (QED) is 0.794. The number of imide groups is 1. The molecule has 0 fully saturated rings. The fraction of sp³-hybridized carbons (Fsp3) is 0. The smallest absolute Gasteiger partial charge is 0.266 e. The summed E-state index contributed by atoms with van der Waals surface area (Å²) in [5.74, 6) is -3.38. The van der Waals surface area contributed by atoms with Crippen LogP contribution in [0, 0.1) is 11.6 Å². The lowest BCUT2D eigenvalue weighted by atomic mass is 10.1. The Morgan fingerprint density at radius 3 is 2.23 bits per heavy atom. The van der Waals surface area contributed by atoms with Gasteiger partial charge in [0.15, 0.2) is 11.6 Å². The van der Waals surface area contributed by atoms with Crippen molar-refractivity contribution in [2.24, 2.45) is 0 Å². The van der Waals surface area contributed by atoms with E-state index in [1.807, 2.05) is 0 Å². The molecule has 1 heterocycles. The predicted molar refractivity (Wildman–Crippen MR) is 78.3 cm³/mol. The topological polar surface area (TPSA) is 37.4 Å². The first kappa shape index (κ1) is 14.4. The maximum absolute atomic E-state index is 13.3. The van der Waals surface area contributed by atoms with Gasteiger partial charge in [0.25, 0.3) is 11.8 Å². The molecule has 6 heteroatoms. The van der Waals surface area contributed by atoms with E-state index in [1.54, 1.807) is 24.3 Å². The van der Waals surface area contributed by atoms with Gasteiger partial charge in [0.05, 0.1) is 11.3 Å². The lowest BCUT2D eigenvalue weighted by Gasteiger charge is -2.15. The second-order valence-corrected chi connectivity index (χ2v) is 5.08. The van der Waals surface area contributed by atoms with E-state index in [0.29, 0.717) is 10.6 Å². The van der Waals surface area contributed by atoms with Gasteiger partial charge in [-0.25, -0.2) is 13.7 Å². The summed E-state index contributed by atoms with van der Waals surface area (Å²) in [6.45, 7) is 0. The fourth-order valence-corrected chi connectivity index (χ4v) is 2.30. The largest absolute Gasteiger partial charge is 0.269 e. The average Bonchev–Trinajstić information content (AvgIpc) is 2.78. The lowest BCUT2D eigenvalue weighted by Crippen LogP contribution is -2.30. The van der Waals surface area contributed by atoms with Crippen LogP contribution < -0.4 is 4.90 Å². The van der Waals surface area contributed by atoms with Gasteiger partial charge in [-0.05, 0) is 29.8 Å². The molecule has 0 saturated heterocycles. The molecule has 0 saturated carbocycles. The van der Waals surface area contributed by atoms with Crippen LogP contribution in [-0.4, -0.2) is 11.8 Å². The van der Waals surface area contributed by atoms with Gasteiger partial charge in [-0.2, -0.15) is 0 Å². The van der Waals surface area contributed by atoms with E-state index in [4.69, 9.17) is 11.6 Å². The molecule has 0 radical (unpaired) electrons. The molecule has 110 valence electrons. The molecule has 0 aliphatic carbocycles. The van der Waals surface area contributed by atoms with E-state index in [2.05, 4.69) is 0 Å². The summed E-state index contributed by atoms with van der Waals surface area (Å²) in [4.78, 5) is 25.2. The third kappa shape index (κ3) is 2.40. The number of halogens is 3. The molecule has 2 aromatic carbocycles. The van der Waals surface area contributed by atoms with Gasteiger partial charge in [-0.1, -0.05) is 23.7 Å². The van der Waals surface area contributed by atoms with E-state index in [-0.39, 0.29) is 11.3 Å². The van der Waals surface area contributed by atoms with Crippen LogP contribution >= 0.6 is 11.6 Å². The van der Waals surface area contributed by atoms with Crippen LogP contribution in [0.3, 0.4) is 0 Å². The predicted octanol–water partition coefficient (Wildman–Crippen LogP) is 3.58. The summed E-state index contributed by atoms with van der Waals surface area (Å²) in [7, 11) is 0. The summed E-state index contributed by atoms with van der Waals surface area (Å²) in [6, 6.07) is 9.25. The molecule has 0 spiro atoms. The highest BCUT2D eigenvalue weighted by Crippen LogP contribution is 2.29. The van der Waals surface area contributed by atoms with Crippen LogP contribution in [0.2, 0.25) is 5.02 Å². The van der Waals surface area contributed by atoms with Gasteiger partial charge in [0, 0.05) is 17.2 Å². The molecule has 2 aromatic rings. The zero-order valence-corrected chi connectivity index (χ0v) is 11.8. The maximum atomic E-state index is 13.3. The van der Waals surface area contributed by atoms with Crippen molar-refractivity contribution in [3.05, 3.63) is 70.8 Å². The zero-order chi connectivity index (χ0) is 15.9. The van der Waals surface area contributed by atoms with Gasteiger partial charge in [0.1, 0.15) is 0 Å². The molecule has 1 aliphatic rings. The molecule has 0 atom stereocenters. The van der Waals surface area contributed by atoms with E-state index in [1.165, 1.54) is 6.07 Å². The standard InChI is InChI=1S/C16H8ClF2NO2/c17-10-3-1-9(2-4-10)12-8-15(21)20(16(12)22)11-5-6-13(18)14(19)7-11/h1-8H. The Balaban J connectivity index is 1.97. The van der Waals surface area contributed by atoms with Crippen molar-refractivity contribution < 1.29 is 18.4 Å². The van der Waals surface area contributed by atoms with Crippen molar-refractivity contribution >= 4 is 34.7 Å². The van der Waals surface area contributed by atoms with Gasteiger partial charge >= 0.3 is 0 Å². The van der Waals surface area contributed by atoms with Crippen LogP contribution in [0.4, 0.5) is 14.5 Å². The molecule has 0 bridgehead atoms.